The number of aryl methyl sites for hydroxylation is 1. The highest BCUT2D eigenvalue weighted by Crippen LogP contribution is 2.33. The van der Waals surface area contributed by atoms with E-state index in [2.05, 4.69) is 10.6 Å². The summed E-state index contributed by atoms with van der Waals surface area (Å²) in [6, 6.07) is 12.3. The highest BCUT2D eigenvalue weighted by Gasteiger charge is 2.37. The van der Waals surface area contributed by atoms with Crippen LogP contribution in [0, 0.1) is 6.92 Å². The van der Waals surface area contributed by atoms with Gasteiger partial charge in [0.2, 0.25) is 5.91 Å². The molecule has 0 saturated carbocycles. The van der Waals surface area contributed by atoms with E-state index in [1.165, 1.54) is 14.0 Å². The third-order valence-electron chi connectivity index (χ3n) is 4.40. The quantitative estimate of drug-likeness (QED) is 0.780. The first-order chi connectivity index (χ1) is 13.3. The van der Waals surface area contributed by atoms with Gasteiger partial charge in [0.25, 0.3) is 11.8 Å². The molecule has 2 aromatic rings. The minimum absolute atomic E-state index is 0.184. The molecule has 0 radical (unpaired) electrons. The Bertz CT molecular complexity index is 993. The molecule has 1 heterocycles. The molecule has 1 aliphatic rings. The minimum Gasteiger partial charge on any atom is -0.495 e. The minimum atomic E-state index is -0.422. The molecule has 0 fully saturated rings. The zero-order chi connectivity index (χ0) is 20.4. The first kappa shape index (κ1) is 19.2. The molecule has 0 unspecified atom stereocenters. The van der Waals surface area contributed by atoms with Crippen LogP contribution in [0.15, 0.2) is 48.2 Å². The molecular formula is C21H21N3O4. The molecule has 0 saturated heterocycles. The summed E-state index contributed by atoms with van der Waals surface area (Å²) in [4.78, 5) is 37.7. The SMILES string of the molecule is COc1ccc(C)cc1NC1=C(c2ccc(NC(C)=O)cc2)C(=O)N(C)C1=O. The number of carbonyl (C=O) groups is 3. The fourth-order valence-electron chi connectivity index (χ4n) is 3.00. The maximum atomic E-state index is 12.7. The Labute approximate surface area is 163 Å². The zero-order valence-corrected chi connectivity index (χ0v) is 16.1. The van der Waals surface area contributed by atoms with Gasteiger partial charge in [-0.2, -0.15) is 0 Å². The summed E-state index contributed by atoms with van der Waals surface area (Å²) in [5.41, 5.74) is 3.22. The fourth-order valence-corrected chi connectivity index (χ4v) is 3.00. The van der Waals surface area contributed by atoms with Crippen LogP contribution in [0.1, 0.15) is 18.1 Å². The molecule has 2 N–H and O–H groups in total. The number of nitrogens with one attached hydrogen (secondary N) is 2. The number of methoxy groups -OCH3 is 1. The summed E-state index contributed by atoms with van der Waals surface area (Å²) in [5, 5.41) is 5.75. The Morgan fingerprint density at radius 2 is 1.71 bits per heavy atom. The van der Waals surface area contributed by atoms with Crippen molar-refractivity contribution in [2.75, 3.05) is 24.8 Å². The molecule has 1 aliphatic heterocycles. The van der Waals surface area contributed by atoms with Crippen LogP contribution in [0.3, 0.4) is 0 Å². The number of rotatable bonds is 5. The van der Waals surface area contributed by atoms with Crippen LogP contribution in [0.5, 0.6) is 5.75 Å². The Morgan fingerprint density at radius 3 is 2.32 bits per heavy atom. The molecule has 28 heavy (non-hydrogen) atoms. The Hall–Kier alpha value is -3.61. The predicted molar refractivity (Wildman–Crippen MR) is 107 cm³/mol. The number of likely N-dealkylation sites (N-methyl/N-ethyl adjacent to an activating group) is 1. The molecule has 0 aliphatic carbocycles. The van der Waals surface area contributed by atoms with Gasteiger partial charge in [0.15, 0.2) is 0 Å². The van der Waals surface area contributed by atoms with E-state index in [4.69, 9.17) is 4.74 Å². The van der Waals surface area contributed by atoms with Crippen LogP contribution in [0.25, 0.3) is 5.57 Å². The van der Waals surface area contributed by atoms with Gasteiger partial charge < -0.3 is 15.4 Å². The number of amides is 3. The summed E-state index contributed by atoms with van der Waals surface area (Å²) in [6.45, 7) is 3.34. The first-order valence-corrected chi connectivity index (χ1v) is 8.68. The van der Waals surface area contributed by atoms with Crippen molar-refractivity contribution in [3.05, 3.63) is 59.3 Å². The first-order valence-electron chi connectivity index (χ1n) is 8.68. The van der Waals surface area contributed by atoms with Gasteiger partial charge >= 0.3 is 0 Å². The van der Waals surface area contributed by atoms with Crippen molar-refractivity contribution < 1.29 is 19.1 Å². The van der Waals surface area contributed by atoms with E-state index in [0.717, 1.165) is 10.5 Å². The van der Waals surface area contributed by atoms with Crippen molar-refractivity contribution >= 4 is 34.7 Å². The van der Waals surface area contributed by atoms with Crippen LogP contribution in [0.4, 0.5) is 11.4 Å². The average Bonchev–Trinajstić information content (AvgIpc) is 2.86. The Morgan fingerprint density at radius 1 is 1.04 bits per heavy atom. The molecule has 3 rings (SSSR count). The van der Waals surface area contributed by atoms with E-state index in [-0.39, 0.29) is 17.2 Å². The molecule has 0 atom stereocenters. The van der Waals surface area contributed by atoms with Gasteiger partial charge in [-0.15, -0.1) is 0 Å². The van der Waals surface area contributed by atoms with E-state index in [0.29, 0.717) is 22.7 Å². The van der Waals surface area contributed by atoms with E-state index < -0.39 is 11.8 Å². The molecule has 7 nitrogen and oxygen atoms in total. The van der Waals surface area contributed by atoms with Crippen LogP contribution in [-0.2, 0) is 14.4 Å². The monoisotopic (exact) mass is 379 g/mol. The second-order valence-electron chi connectivity index (χ2n) is 6.51. The van der Waals surface area contributed by atoms with Crippen LogP contribution < -0.4 is 15.4 Å². The lowest BCUT2D eigenvalue weighted by molar-refractivity contribution is -0.135. The number of hydrogen-bond acceptors (Lipinski definition) is 5. The highest BCUT2D eigenvalue weighted by atomic mass is 16.5. The topological polar surface area (TPSA) is 87.7 Å². The van der Waals surface area contributed by atoms with Crippen molar-refractivity contribution in [3.8, 4) is 5.75 Å². The van der Waals surface area contributed by atoms with Gasteiger partial charge in [0.05, 0.1) is 18.4 Å². The standard InChI is InChI=1S/C21H21N3O4/c1-12-5-10-17(28-4)16(11-12)23-19-18(20(26)24(3)21(19)27)14-6-8-15(9-7-14)22-13(2)25/h5-11,23H,1-4H3,(H,22,25). The van der Waals surface area contributed by atoms with E-state index >= 15 is 0 Å². The van der Waals surface area contributed by atoms with E-state index in [1.54, 1.807) is 37.4 Å². The van der Waals surface area contributed by atoms with Gasteiger partial charge in [-0.1, -0.05) is 18.2 Å². The van der Waals surface area contributed by atoms with E-state index in [9.17, 15) is 14.4 Å². The van der Waals surface area contributed by atoms with Gasteiger partial charge in [0.1, 0.15) is 11.4 Å². The van der Waals surface area contributed by atoms with Crippen LogP contribution in [-0.4, -0.2) is 36.8 Å². The van der Waals surface area contributed by atoms with Gasteiger partial charge in [0, 0.05) is 19.7 Å². The summed E-state index contributed by atoms with van der Waals surface area (Å²) >= 11 is 0. The average molecular weight is 379 g/mol. The third-order valence-corrected chi connectivity index (χ3v) is 4.40. The van der Waals surface area contributed by atoms with Crippen LogP contribution >= 0.6 is 0 Å². The number of nitrogens with zero attached hydrogens (tertiary/aromatic N) is 1. The number of carbonyl (C=O) groups excluding carboxylic acids is 3. The fraction of sp³-hybridized carbons (Fsp3) is 0.190. The number of imide groups is 1. The van der Waals surface area contributed by atoms with Crippen molar-refractivity contribution in [1.82, 2.24) is 4.90 Å². The molecule has 7 heteroatoms. The number of benzene rings is 2. The second kappa shape index (κ2) is 7.56. The number of hydrogen-bond donors (Lipinski definition) is 2. The smallest absolute Gasteiger partial charge is 0.277 e. The molecule has 0 aromatic heterocycles. The second-order valence-corrected chi connectivity index (χ2v) is 6.51. The third kappa shape index (κ3) is 3.59. The lowest BCUT2D eigenvalue weighted by Gasteiger charge is -2.13. The zero-order valence-electron chi connectivity index (χ0n) is 16.1. The summed E-state index contributed by atoms with van der Waals surface area (Å²) < 4.78 is 5.36. The maximum absolute atomic E-state index is 12.7. The molecule has 2 aromatic carbocycles. The molecular weight excluding hydrogens is 358 g/mol. The summed E-state index contributed by atoms with van der Waals surface area (Å²) in [6.07, 6.45) is 0. The summed E-state index contributed by atoms with van der Waals surface area (Å²) in [5.74, 6) is -0.443. The number of anilines is 2. The van der Waals surface area contributed by atoms with Crippen molar-refractivity contribution in [1.29, 1.82) is 0 Å². The largest absolute Gasteiger partial charge is 0.495 e. The molecule has 0 spiro atoms. The Balaban J connectivity index is 2.05. The number of ether oxygens (including phenoxy) is 1. The summed E-state index contributed by atoms with van der Waals surface area (Å²) in [7, 11) is 2.98. The van der Waals surface area contributed by atoms with Gasteiger partial charge in [-0.3, -0.25) is 19.3 Å². The lowest BCUT2D eigenvalue weighted by Crippen LogP contribution is -2.28. The predicted octanol–water partition coefficient (Wildman–Crippen LogP) is 2.78. The van der Waals surface area contributed by atoms with Crippen molar-refractivity contribution in [3.63, 3.8) is 0 Å². The van der Waals surface area contributed by atoms with Crippen molar-refractivity contribution in [2.45, 2.75) is 13.8 Å². The van der Waals surface area contributed by atoms with E-state index in [1.807, 2.05) is 19.1 Å². The van der Waals surface area contributed by atoms with Gasteiger partial charge in [-0.05, 0) is 42.3 Å². The maximum Gasteiger partial charge on any atom is 0.277 e. The highest BCUT2D eigenvalue weighted by molar-refractivity contribution is 6.36. The molecule has 0 bridgehead atoms. The Kier molecular flexibility index (Phi) is 5.17. The molecule has 144 valence electrons. The van der Waals surface area contributed by atoms with Gasteiger partial charge in [-0.25, -0.2) is 0 Å². The normalized spacial score (nSPS) is 13.8. The van der Waals surface area contributed by atoms with Crippen molar-refractivity contribution in [2.24, 2.45) is 0 Å². The lowest BCUT2D eigenvalue weighted by atomic mass is 10.0. The molecule has 3 amide bonds. The van der Waals surface area contributed by atoms with Crippen LogP contribution in [0.2, 0.25) is 0 Å².